The zero-order valence-corrected chi connectivity index (χ0v) is 16.4. The van der Waals surface area contributed by atoms with Gasteiger partial charge >= 0.3 is 10.4 Å². The summed E-state index contributed by atoms with van der Waals surface area (Å²) < 4.78 is 31.6. The summed E-state index contributed by atoms with van der Waals surface area (Å²) in [5.41, 5.74) is 0. The van der Waals surface area contributed by atoms with Crippen LogP contribution in [0.5, 0.6) is 0 Å². The Kier molecular flexibility index (Phi) is 13.7. The van der Waals surface area contributed by atoms with Crippen molar-refractivity contribution in [2.75, 3.05) is 26.2 Å². The van der Waals surface area contributed by atoms with E-state index in [2.05, 4.69) is 23.6 Å². The molecule has 9 heteroatoms. The SMILES string of the molecule is CCCC(O)N1CCCC1.CCCC(O)N1CCCC1.O=S(=O)(O)O. The maximum Gasteiger partial charge on any atom is 0.394 e. The molecule has 2 saturated heterocycles. The Morgan fingerprint density at radius 2 is 1.00 bits per heavy atom. The van der Waals surface area contributed by atoms with Gasteiger partial charge in [-0.2, -0.15) is 8.42 Å². The topological polar surface area (TPSA) is 122 Å². The van der Waals surface area contributed by atoms with Crippen LogP contribution in [0, 0.1) is 0 Å². The Hall–Kier alpha value is -0.290. The Balaban J connectivity index is 0.000000368. The average Bonchev–Trinajstić information content (AvgIpc) is 3.21. The molecular weight excluding hydrogens is 348 g/mol. The molecule has 0 amide bonds. The highest BCUT2D eigenvalue weighted by Gasteiger charge is 2.18. The molecule has 8 nitrogen and oxygen atoms in total. The molecule has 2 aliphatic heterocycles. The van der Waals surface area contributed by atoms with Gasteiger partial charge in [0.2, 0.25) is 0 Å². The van der Waals surface area contributed by atoms with Crippen LogP contribution in [-0.4, -0.2) is 76.2 Å². The van der Waals surface area contributed by atoms with Crippen LogP contribution in [-0.2, 0) is 10.4 Å². The highest BCUT2D eigenvalue weighted by molar-refractivity contribution is 7.79. The maximum atomic E-state index is 9.47. The van der Waals surface area contributed by atoms with Crippen LogP contribution < -0.4 is 0 Å². The molecule has 0 aromatic carbocycles. The molecule has 2 atom stereocenters. The second kappa shape index (κ2) is 13.9. The van der Waals surface area contributed by atoms with Crippen molar-refractivity contribution in [2.45, 2.75) is 77.7 Å². The van der Waals surface area contributed by atoms with Crippen molar-refractivity contribution in [3.8, 4) is 0 Å². The van der Waals surface area contributed by atoms with Gasteiger partial charge in [-0.05, 0) is 38.5 Å². The second-order valence-electron chi connectivity index (χ2n) is 6.47. The minimum Gasteiger partial charge on any atom is -0.378 e. The molecular formula is C16H36N2O6S. The van der Waals surface area contributed by atoms with E-state index in [-0.39, 0.29) is 12.5 Å². The number of likely N-dealkylation sites (tertiary alicyclic amines) is 2. The molecule has 0 bridgehead atoms. The summed E-state index contributed by atoms with van der Waals surface area (Å²) in [6.45, 7) is 8.61. The van der Waals surface area contributed by atoms with Crippen LogP contribution in [0.3, 0.4) is 0 Å². The molecule has 2 fully saturated rings. The first-order chi connectivity index (χ1) is 11.7. The fraction of sp³-hybridized carbons (Fsp3) is 1.00. The third-order valence-corrected chi connectivity index (χ3v) is 4.22. The largest absolute Gasteiger partial charge is 0.394 e. The maximum absolute atomic E-state index is 9.47. The highest BCUT2D eigenvalue weighted by atomic mass is 32.3. The van der Waals surface area contributed by atoms with Crippen LogP contribution in [0.15, 0.2) is 0 Å². The number of rotatable bonds is 6. The lowest BCUT2D eigenvalue weighted by atomic mass is 10.3. The Morgan fingerprint density at radius 3 is 1.20 bits per heavy atom. The number of hydrogen-bond acceptors (Lipinski definition) is 6. The van der Waals surface area contributed by atoms with Crippen LogP contribution >= 0.6 is 0 Å². The van der Waals surface area contributed by atoms with E-state index in [0.29, 0.717) is 0 Å². The molecule has 2 rings (SSSR count). The van der Waals surface area contributed by atoms with E-state index in [4.69, 9.17) is 17.5 Å². The first-order valence-corrected chi connectivity index (χ1v) is 10.6. The fourth-order valence-corrected chi connectivity index (χ4v) is 2.96. The van der Waals surface area contributed by atoms with Gasteiger partial charge in [0.15, 0.2) is 0 Å². The quantitative estimate of drug-likeness (QED) is 0.511. The molecule has 4 N–H and O–H groups in total. The smallest absolute Gasteiger partial charge is 0.378 e. The lowest BCUT2D eigenvalue weighted by molar-refractivity contribution is 0.0133. The zero-order valence-electron chi connectivity index (χ0n) is 15.5. The van der Waals surface area contributed by atoms with Gasteiger partial charge in [0, 0.05) is 26.2 Å². The van der Waals surface area contributed by atoms with Crippen molar-refractivity contribution in [3.63, 3.8) is 0 Å². The standard InChI is InChI=1S/2C8H17NO.H2O4S/c2*1-2-5-8(10)9-6-3-4-7-9;1-5(2,3)4/h2*8,10H,2-7H2,1H3;(H2,1,2,3,4). The van der Waals surface area contributed by atoms with Crippen molar-refractivity contribution < 1.29 is 27.7 Å². The summed E-state index contributed by atoms with van der Waals surface area (Å²) in [6, 6.07) is 0. The fourth-order valence-electron chi connectivity index (χ4n) is 2.96. The summed E-state index contributed by atoms with van der Waals surface area (Å²) in [5, 5.41) is 18.9. The normalized spacial score (nSPS) is 21.0. The first-order valence-electron chi connectivity index (χ1n) is 9.23. The third kappa shape index (κ3) is 14.6. The van der Waals surface area contributed by atoms with E-state index in [0.717, 1.165) is 51.9 Å². The van der Waals surface area contributed by atoms with Crippen molar-refractivity contribution in [3.05, 3.63) is 0 Å². The molecule has 0 spiro atoms. The molecule has 152 valence electrons. The minimum atomic E-state index is -4.67. The molecule has 25 heavy (non-hydrogen) atoms. The van der Waals surface area contributed by atoms with Crippen molar-refractivity contribution in [2.24, 2.45) is 0 Å². The summed E-state index contributed by atoms with van der Waals surface area (Å²) in [7, 11) is -4.67. The lowest BCUT2D eigenvalue weighted by Gasteiger charge is -2.21. The van der Waals surface area contributed by atoms with E-state index >= 15 is 0 Å². The summed E-state index contributed by atoms with van der Waals surface area (Å²) >= 11 is 0. The van der Waals surface area contributed by atoms with Gasteiger partial charge in [0.1, 0.15) is 12.5 Å². The Morgan fingerprint density at radius 1 is 0.760 bits per heavy atom. The summed E-state index contributed by atoms with van der Waals surface area (Å²) in [4.78, 5) is 4.34. The van der Waals surface area contributed by atoms with Gasteiger partial charge in [-0.1, -0.05) is 26.7 Å². The summed E-state index contributed by atoms with van der Waals surface area (Å²) in [6.07, 6.45) is 8.76. The number of aliphatic hydroxyl groups excluding tert-OH is 2. The minimum absolute atomic E-state index is 0.160. The van der Waals surface area contributed by atoms with Gasteiger partial charge in [0.25, 0.3) is 0 Å². The molecule has 2 aliphatic rings. The lowest BCUT2D eigenvalue weighted by Crippen LogP contribution is -2.31. The third-order valence-electron chi connectivity index (χ3n) is 4.22. The van der Waals surface area contributed by atoms with Gasteiger partial charge < -0.3 is 10.2 Å². The summed E-state index contributed by atoms with van der Waals surface area (Å²) in [5.74, 6) is 0. The predicted octanol–water partition coefficient (Wildman–Crippen LogP) is 1.75. The molecule has 2 heterocycles. The first kappa shape index (κ1) is 24.7. The van der Waals surface area contributed by atoms with Gasteiger partial charge in [0.05, 0.1) is 0 Å². The zero-order chi connectivity index (χ0) is 19.3. The Bertz CT molecular complexity index is 377. The van der Waals surface area contributed by atoms with E-state index in [1.54, 1.807) is 0 Å². The van der Waals surface area contributed by atoms with Crippen LogP contribution in [0.4, 0.5) is 0 Å². The monoisotopic (exact) mass is 384 g/mol. The average molecular weight is 385 g/mol. The van der Waals surface area contributed by atoms with E-state index in [9.17, 15) is 10.2 Å². The molecule has 0 aromatic heterocycles. The Labute approximate surface area is 152 Å². The van der Waals surface area contributed by atoms with E-state index in [1.807, 2.05) is 0 Å². The molecule has 0 aliphatic carbocycles. The van der Waals surface area contributed by atoms with Crippen LogP contribution in [0.1, 0.15) is 65.2 Å². The molecule has 0 aromatic rings. The van der Waals surface area contributed by atoms with E-state index in [1.165, 1.54) is 25.7 Å². The predicted molar refractivity (Wildman–Crippen MR) is 97.6 cm³/mol. The number of nitrogens with zero attached hydrogens (tertiary/aromatic N) is 2. The molecule has 2 unspecified atom stereocenters. The van der Waals surface area contributed by atoms with Gasteiger partial charge in [-0.15, -0.1) is 0 Å². The number of aliphatic hydroxyl groups is 2. The van der Waals surface area contributed by atoms with E-state index < -0.39 is 10.4 Å². The van der Waals surface area contributed by atoms with Crippen LogP contribution in [0.2, 0.25) is 0 Å². The van der Waals surface area contributed by atoms with Gasteiger partial charge in [-0.25, -0.2) is 0 Å². The van der Waals surface area contributed by atoms with Crippen molar-refractivity contribution >= 4 is 10.4 Å². The van der Waals surface area contributed by atoms with Crippen molar-refractivity contribution in [1.29, 1.82) is 0 Å². The number of hydrogen-bond donors (Lipinski definition) is 4. The molecule has 0 saturated carbocycles. The van der Waals surface area contributed by atoms with Crippen LogP contribution in [0.25, 0.3) is 0 Å². The second-order valence-corrected chi connectivity index (χ2v) is 7.37. The molecule has 0 radical (unpaired) electrons. The highest BCUT2D eigenvalue weighted by Crippen LogP contribution is 2.13. The van der Waals surface area contributed by atoms with Crippen molar-refractivity contribution in [1.82, 2.24) is 9.80 Å². The van der Waals surface area contributed by atoms with Gasteiger partial charge in [-0.3, -0.25) is 18.9 Å².